The largest absolute Gasteiger partial charge is 4.00 e. The number of halogens is 3. The number of hydrogen-bond acceptors (Lipinski definition) is 0. The summed E-state index contributed by atoms with van der Waals surface area (Å²) in [6, 6.07) is 11.2. The molecular weight excluding hydrogens is 555 g/mol. The summed E-state index contributed by atoms with van der Waals surface area (Å²) in [5, 5.41) is 3.34. The number of hydrogen-bond donors (Lipinski definition) is 0. The monoisotopic (exact) mass is 604 g/mol. The summed E-state index contributed by atoms with van der Waals surface area (Å²) in [5.74, 6) is 0.702. The zero-order valence-electron chi connectivity index (χ0n) is 23.3. The first-order valence-electron chi connectivity index (χ1n) is 14.1. The Balaban J connectivity index is -0.00000272. The van der Waals surface area contributed by atoms with E-state index >= 15 is 0 Å². The maximum atomic E-state index is 3.67. The normalized spacial score (nSPS) is 14.6. The Kier molecular flexibility index (Phi) is 30.8. The van der Waals surface area contributed by atoms with E-state index in [2.05, 4.69) is 57.2 Å². The fourth-order valence-electron chi connectivity index (χ4n) is 5.34. The number of benzene rings is 1. The summed E-state index contributed by atoms with van der Waals surface area (Å²) in [6.07, 6.45) is 28.2. The average Bonchev–Trinajstić information content (AvgIpc) is 3.06. The first-order chi connectivity index (χ1) is 15.7. The van der Waals surface area contributed by atoms with Crippen molar-refractivity contribution in [2.75, 3.05) is 0 Å². The molecular formula is C31H51Cl3SiTi. The molecule has 1 aromatic carbocycles. The van der Waals surface area contributed by atoms with Crippen LogP contribution in [0.5, 0.6) is 0 Å². The number of unbranched alkanes of at least 4 members (excludes halogenated alkanes) is 15. The number of allylic oxidation sites excluding steroid dienone is 4. The van der Waals surface area contributed by atoms with Crippen molar-refractivity contribution in [1.29, 1.82) is 0 Å². The van der Waals surface area contributed by atoms with Gasteiger partial charge in [0.25, 0.3) is 0 Å². The van der Waals surface area contributed by atoms with Crippen molar-refractivity contribution in [3.05, 3.63) is 52.8 Å². The van der Waals surface area contributed by atoms with Gasteiger partial charge in [-0.15, -0.1) is 0 Å². The molecule has 1 aliphatic rings. The van der Waals surface area contributed by atoms with E-state index in [0.29, 0.717) is 5.92 Å². The van der Waals surface area contributed by atoms with Crippen molar-refractivity contribution in [3.63, 3.8) is 0 Å². The standard InChI is InChI=1S/C31H51Si.3ClH.Ti/c1-4-5-6-7-8-9-10-11-12-13-14-15-16-17-18-22-25-30-27(2)26-28(3)31(30)32-29-23-20-19-21-24-29;;;;/h19-21,23-24,30H,4-18,22,25,32H2,1-3H3;3*1H;/q-1;;;;+4/p-3. The Morgan fingerprint density at radius 1 is 0.639 bits per heavy atom. The van der Waals surface area contributed by atoms with Crippen LogP contribution in [0.15, 0.2) is 46.7 Å². The molecule has 0 N–H and O–H groups in total. The van der Waals surface area contributed by atoms with Gasteiger partial charge in [-0.3, -0.25) is 0 Å². The van der Waals surface area contributed by atoms with Crippen LogP contribution in [-0.2, 0) is 21.7 Å². The molecule has 0 heterocycles. The van der Waals surface area contributed by atoms with Gasteiger partial charge in [-0.1, -0.05) is 171 Å². The molecule has 2 rings (SSSR count). The molecule has 0 saturated carbocycles. The molecule has 0 spiro atoms. The molecule has 0 amide bonds. The van der Waals surface area contributed by atoms with Crippen LogP contribution in [-0.4, -0.2) is 9.52 Å². The topological polar surface area (TPSA) is 0 Å². The van der Waals surface area contributed by atoms with E-state index in [9.17, 15) is 0 Å². The van der Waals surface area contributed by atoms with Crippen molar-refractivity contribution >= 4 is 14.7 Å². The Bertz CT molecular complexity index is 676. The van der Waals surface area contributed by atoms with Gasteiger partial charge < -0.3 is 37.2 Å². The molecule has 1 aliphatic carbocycles. The van der Waals surface area contributed by atoms with Crippen LogP contribution in [0.2, 0.25) is 0 Å². The fourth-order valence-corrected chi connectivity index (χ4v) is 7.40. The summed E-state index contributed by atoms with van der Waals surface area (Å²) < 4.78 is 0. The van der Waals surface area contributed by atoms with Crippen molar-refractivity contribution in [2.45, 2.75) is 130 Å². The Labute approximate surface area is 260 Å². The first-order valence-corrected chi connectivity index (χ1v) is 15.5. The Hall–Kier alpha value is 0.501. The Morgan fingerprint density at radius 2 is 1.06 bits per heavy atom. The minimum atomic E-state index is -0.332. The van der Waals surface area contributed by atoms with Crippen molar-refractivity contribution in [2.24, 2.45) is 5.92 Å². The minimum absolute atomic E-state index is 0. The molecule has 1 unspecified atom stereocenters. The summed E-state index contributed by atoms with van der Waals surface area (Å²) in [5.41, 5.74) is 2.96. The third-order valence-corrected chi connectivity index (χ3v) is 9.68. The van der Waals surface area contributed by atoms with Gasteiger partial charge in [0.05, 0.1) is 0 Å². The molecule has 204 valence electrons. The second-order valence-electron chi connectivity index (χ2n) is 10.3. The summed E-state index contributed by atoms with van der Waals surface area (Å²) >= 11 is 0. The van der Waals surface area contributed by atoms with E-state index in [4.69, 9.17) is 0 Å². The van der Waals surface area contributed by atoms with Crippen molar-refractivity contribution < 1.29 is 58.9 Å². The third-order valence-electron chi connectivity index (χ3n) is 7.39. The van der Waals surface area contributed by atoms with Crippen LogP contribution in [0.1, 0.15) is 130 Å². The molecule has 1 aromatic rings. The first kappa shape index (κ1) is 41.0. The quantitative estimate of drug-likeness (QED) is 0.116. The fraction of sp³-hybridized carbons (Fsp3) is 0.677. The second-order valence-corrected chi connectivity index (χ2v) is 12.2. The zero-order valence-corrected chi connectivity index (χ0v) is 28.6. The summed E-state index contributed by atoms with van der Waals surface area (Å²) in [6.45, 7) is 6.91. The number of rotatable bonds is 19. The molecule has 5 heteroatoms. The van der Waals surface area contributed by atoms with E-state index in [-0.39, 0.29) is 68.5 Å². The van der Waals surface area contributed by atoms with Crippen LogP contribution < -0.4 is 42.4 Å². The van der Waals surface area contributed by atoms with Gasteiger partial charge in [0.1, 0.15) is 0 Å². The maximum absolute atomic E-state index is 3.67. The van der Waals surface area contributed by atoms with Crippen molar-refractivity contribution in [1.82, 2.24) is 0 Å². The van der Waals surface area contributed by atoms with Gasteiger partial charge in [0.15, 0.2) is 0 Å². The minimum Gasteiger partial charge on any atom is -1.00 e. The zero-order chi connectivity index (χ0) is 22.9. The SMILES string of the molecule is CCCCCCCCCCCCCCCCCCC1C(C)=[C-]C(C)=C1[SiH2]c1ccccc1.[Cl-].[Cl-].[Cl-].[Ti+4]. The van der Waals surface area contributed by atoms with Gasteiger partial charge in [-0.05, 0) is 9.52 Å². The van der Waals surface area contributed by atoms with Crippen LogP contribution >= 0.6 is 0 Å². The van der Waals surface area contributed by atoms with E-state index in [1.807, 2.05) is 0 Å². The molecule has 0 nitrogen and oxygen atoms in total. The average molecular weight is 606 g/mol. The predicted molar refractivity (Wildman–Crippen MR) is 147 cm³/mol. The van der Waals surface area contributed by atoms with E-state index in [1.54, 1.807) is 10.4 Å². The van der Waals surface area contributed by atoms with E-state index in [1.165, 1.54) is 120 Å². The van der Waals surface area contributed by atoms with Crippen LogP contribution in [0.25, 0.3) is 0 Å². The van der Waals surface area contributed by atoms with Gasteiger partial charge in [0, 0.05) is 0 Å². The molecule has 36 heavy (non-hydrogen) atoms. The van der Waals surface area contributed by atoms with Gasteiger partial charge in [0.2, 0.25) is 0 Å². The van der Waals surface area contributed by atoms with Crippen LogP contribution in [0.3, 0.4) is 0 Å². The molecule has 0 fully saturated rings. The van der Waals surface area contributed by atoms with Crippen LogP contribution in [0.4, 0.5) is 0 Å². The summed E-state index contributed by atoms with van der Waals surface area (Å²) in [7, 11) is -0.332. The predicted octanol–water partition coefficient (Wildman–Crippen LogP) is -0.205. The molecule has 0 saturated heterocycles. The Morgan fingerprint density at radius 3 is 1.50 bits per heavy atom. The molecule has 0 aliphatic heterocycles. The molecule has 1 atom stereocenters. The smallest absolute Gasteiger partial charge is 1.00 e. The maximum Gasteiger partial charge on any atom is 4.00 e. The second kappa shape index (κ2) is 27.1. The van der Waals surface area contributed by atoms with E-state index < -0.39 is 0 Å². The van der Waals surface area contributed by atoms with Gasteiger partial charge in [-0.25, -0.2) is 16.8 Å². The summed E-state index contributed by atoms with van der Waals surface area (Å²) in [4.78, 5) is 0. The molecule has 0 radical (unpaired) electrons. The van der Waals surface area contributed by atoms with E-state index in [0.717, 1.165) is 0 Å². The molecule has 0 bridgehead atoms. The van der Waals surface area contributed by atoms with Gasteiger partial charge in [-0.2, -0.15) is 5.57 Å². The van der Waals surface area contributed by atoms with Crippen LogP contribution in [0, 0.1) is 12.0 Å². The molecule has 0 aromatic heterocycles. The van der Waals surface area contributed by atoms with Crippen molar-refractivity contribution in [3.8, 4) is 0 Å². The third kappa shape index (κ3) is 17.9. The van der Waals surface area contributed by atoms with Gasteiger partial charge >= 0.3 is 21.7 Å².